The van der Waals surface area contributed by atoms with E-state index < -0.39 is 0 Å². The molecule has 1 aromatic heterocycles. The molecule has 1 aliphatic rings. The van der Waals surface area contributed by atoms with Gasteiger partial charge in [0, 0.05) is 12.7 Å². The number of anilines is 2. The van der Waals surface area contributed by atoms with Gasteiger partial charge in [-0.25, -0.2) is 4.98 Å². The molecule has 4 N–H and O–H groups in total. The van der Waals surface area contributed by atoms with Crippen LogP contribution in [0.1, 0.15) is 12.8 Å². The van der Waals surface area contributed by atoms with Gasteiger partial charge in [-0.3, -0.25) is 4.79 Å². The number of carbonyl (C=O) groups is 1. The minimum atomic E-state index is -0.296. The van der Waals surface area contributed by atoms with E-state index in [0.29, 0.717) is 5.82 Å². The van der Waals surface area contributed by atoms with Crippen LogP contribution in [0.2, 0.25) is 0 Å². The van der Waals surface area contributed by atoms with Crippen molar-refractivity contribution in [1.29, 1.82) is 0 Å². The summed E-state index contributed by atoms with van der Waals surface area (Å²) in [7, 11) is 0. The Bertz CT molecular complexity index is 379. The predicted molar refractivity (Wildman–Crippen MR) is 58.2 cm³/mol. The lowest BCUT2D eigenvalue weighted by Crippen LogP contribution is -2.40. The van der Waals surface area contributed by atoms with E-state index in [1.165, 1.54) is 0 Å². The fraction of sp³-hybridized carbons (Fsp3) is 0.400. The van der Waals surface area contributed by atoms with Crippen molar-refractivity contribution in [3.05, 3.63) is 18.3 Å². The monoisotopic (exact) mass is 206 g/mol. The molecule has 0 saturated carbocycles. The first-order valence-corrected chi connectivity index (χ1v) is 4.96. The molecule has 1 atom stereocenters. The van der Waals surface area contributed by atoms with E-state index in [-0.39, 0.29) is 11.9 Å². The third-order valence-corrected chi connectivity index (χ3v) is 2.71. The molecule has 0 aliphatic carbocycles. The van der Waals surface area contributed by atoms with Gasteiger partial charge in [-0.2, -0.15) is 0 Å². The lowest BCUT2D eigenvalue weighted by molar-refractivity contribution is -0.119. The Hall–Kier alpha value is -1.78. The second kappa shape index (κ2) is 3.76. The lowest BCUT2D eigenvalue weighted by atomic mass is 10.2. The first-order valence-electron chi connectivity index (χ1n) is 4.96. The van der Waals surface area contributed by atoms with Crippen LogP contribution >= 0.6 is 0 Å². The van der Waals surface area contributed by atoms with E-state index in [1.54, 1.807) is 6.20 Å². The molecule has 5 nitrogen and oxygen atoms in total. The number of pyridine rings is 1. The number of nitrogens with zero attached hydrogens (tertiary/aromatic N) is 2. The summed E-state index contributed by atoms with van der Waals surface area (Å²) >= 11 is 0. The topological polar surface area (TPSA) is 85.2 Å². The maximum absolute atomic E-state index is 11.2. The number of amides is 1. The van der Waals surface area contributed by atoms with Crippen LogP contribution in [-0.2, 0) is 4.79 Å². The second-order valence-corrected chi connectivity index (χ2v) is 3.66. The Balaban J connectivity index is 2.30. The normalized spacial score (nSPS) is 20.5. The molecule has 80 valence electrons. The van der Waals surface area contributed by atoms with Crippen molar-refractivity contribution in [2.75, 3.05) is 17.2 Å². The standard InChI is InChI=1S/C10H14N4O/c11-9-7(3-1-5-13-9)14-6-2-4-8(14)10(12)15/h1,3,5,8H,2,4,6H2,(H2,11,13)(H2,12,15). The maximum atomic E-state index is 11.2. The van der Waals surface area contributed by atoms with Crippen LogP contribution in [0.3, 0.4) is 0 Å². The zero-order valence-corrected chi connectivity index (χ0v) is 8.39. The van der Waals surface area contributed by atoms with E-state index >= 15 is 0 Å². The van der Waals surface area contributed by atoms with Gasteiger partial charge >= 0.3 is 0 Å². The molecule has 1 unspecified atom stereocenters. The third kappa shape index (κ3) is 1.72. The van der Waals surface area contributed by atoms with Crippen molar-refractivity contribution >= 4 is 17.4 Å². The smallest absolute Gasteiger partial charge is 0.240 e. The number of hydrogen-bond donors (Lipinski definition) is 2. The van der Waals surface area contributed by atoms with Crippen LogP contribution in [-0.4, -0.2) is 23.5 Å². The quantitative estimate of drug-likeness (QED) is 0.719. The zero-order valence-electron chi connectivity index (χ0n) is 8.39. The van der Waals surface area contributed by atoms with Crippen LogP contribution in [0.4, 0.5) is 11.5 Å². The predicted octanol–water partition coefficient (Wildman–Crippen LogP) is 0.118. The summed E-state index contributed by atoms with van der Waals surface area (Å²) < 4.78 is 0. The molecule has 1 aliphatic heterocycles. The molecular formula is C10H14N4O. The Morgan fingerprint density at radius 1 is 1.60 bits per heavy atom. The Kier molecular flexibility index (Phi) is 2.45. The van der Waals surface area contributed by atoms with E-state index in [2.05, 4.69) is 4.98 Å². The number of carbonyl (C=O) groups excluding carboxylic acids is 1. The molecule has 2 rings (SSSR count). The Morgan fingerprint density at radius 2 is 2.40 bits per heavy atom. The molecule has 15 heavy (non-hydrogen) atoms. The minimum Gasteiger partial charge on any atom is -0.382 e. The summed E-state index contributed by atoms with van der Waals surface area (Å²) in [4.78, 5) is 17.2. The number of rotatable bonds is 2. The molecule has 1 fully saturated rings. The first-order chi connectivity index (χ1) is 7.20. The first kappa shape index (κ1) is 9.76. The zero-order chi connectivity index (χ0) is 10.8. The van der Waals surface area contributed by atoms with Gasteiger partial charge in [-0.15, -0.1) is 0 Å². The van der Waals surface area contributed by atoms with Crippen LogP contribution in [0.5, 0.6) is 0 Å². The average Bonchev–Trinajstić information content (AvgIpc) is 2.67. The molecule has 0 bridgehead atoms. The van der Waals surface area contributed by atoms with Gasteiger partial charge in [0.25, 0.3) is 0 Å². The summed E-state index contributed by atoms with van der Waals surface area (Å²) in [5, 5.41) is 0. The van der Waals surface area contributed by atoms with Crippen molar-refractivity contribution < 1.29 is 4.79 Å². The van der Waals surface area contributed by atoms with Crippen molar-refractivity contribution in [3.63, 3.8) is 0 Å². The summed E-state index contributed by atoms with van der Waals surface area (Å²) in [5.74, 6) is 0.154. The summed E-state index contributed by atoms with van der Waals surface area (Å²) in [5.41, 5.74) is 11.9. The molecule has 5 heteroatoms. The largest absolute Gasteiger partial charge is 0.382 e. The van der Waals surface area contributed by atoms with Gasteiger partial charge in [0.1, 0.15) is 11.9 Å². The number of primary amides is 1. The summed E-state index contributed by atoms with van der Waals surface area (Å²) in [6.45, 7) is 0.809. The third-order valence-electron chi connectivity index (χ3n) is 2.71. The number of nitrogens with two attached hydrogens (primary N) is 2. The van der Waals surface area contributed by atoms with Gasteiger partial charge in [0.05, 0.1) is 5.69 Å². The van der Waals surface area contributed by atoms with Gasteiger partial charge < -0.3 is 16.4 Å². The fourth-order valence-corrected chi connectivity index (χ4v) is 2.00. The van der Waals surface area contributed by atoms with E-state index in [9.17, 15) is 4.79 Å². The molecule has 1 aromatic rings. The average molecular weight is 206 g/mol. The number of nitrogen functional groups attached to an aromatic ring is 1. The second-order valence-electron chi connectivity index (χ2n) is 3.66. The Labute approximate surface area is 88.1 Å². The molecule has 1 saturated heterocycles. The molecule has 2 heterocycles. The van der Waals surface area contributed by atoms with E-state index in [4.69, 9.17) is 11.5 Å². The minimum absolute atomic E-state index is 0.239. The highest BCUT2D eigenvalue weighted by atomic mass is 16.1. The van der Waals surface area contributed by atoms with Crippen molar-refractivity contribution in [2.45, 2.75) is 18.9 Å². The molecule has 0 aromatic carbocycles. The van der Waals surface area contributed by atoms with Gasteiger partial charge in [-0.05, 0) is 25.0 Å². The van der Waals surface area contributed by atoms with E-state index in [0.717, 1.165) is 25.1 Å². The van der Waals surface area contributed by atoms with Crippen LogP contribution in [0, 0.1) is 0 Å². The highest BCUT2D eigenvalue weighted by molar-refractivity contribution is 5.85. The van der Waals surface area contributed by atoms with E-state index in [1.807, 2.05) is 17.0 Å². The van der Waals surface area contributed by atoms with Crippen molar-refractivity contribution in [2.24, 2.45) is 5.73 Å². The molecule has 1 amide bonds. The van der Waals surface area contributed by atoms with Gasteiger partial charge in [0.15, 0.2) is 0 Å². The Morgan fingerprint density at radius 3 is 3.07 bits per heavy atom. The van der Waals surface area contributed by atoms with Crippen molar-refractivity contribution in [1.82, 2.24) is 4.98 Å². The SMILES string of the molecule is NC(=O)C1CCCN1c1cccnc1N. The molecule has 0 radical (unpaired) electrons. The maximum Gasteiger partial charge on any atom is 0.240 e. The molecular weight excluding hydrogens is 192 g/mol. The fourth-order valence-electron chi connectivity index (χ4n) is 2.00. The van der Waals surface area contributed by atoms with Gasteiger partial charge in [-0.1, -0.05) is 0 Å². The van der Waals surface area contributed by atoms with Gasteiger partial charge in [0.2, 0.25) is 5.91 Å². The van der Waals surface area contributed by atoms with Crippen LogP contribution in [0.25, 0.3) is 0 Å². The summed E-state index contributed by atoms with van der Waals surface area (Å²) in [6, 6.07) is 3.43. The van der Waals surface area contributed by atoms with Crippen LogP contribution in [0.15, 0.2) is 18.3 Å². The number of aromatic nitrogens is 1. The number of hydrogen-bond acceptors (Lipinski definition) is 4. The van der Waals surface area contributed by atoms with Crippen molar-refractivity contribution in [3.8, 4) is 0 Å². The summed E-state index contributed by atoms with van der Waals surface area (Å²) in [6.07, 6.45) is 3.39. The highest BCUT2D eigenvalue weighted by Crippen LogP contribution is 2.28. The molecule has 0 spiro atoms. The lowest BCUT2D eigenvalue weighted by Gasteiger charge is -2.24. The van der Waals surface area contributed by atoms with Crippen LogP contribution < -0.4 is 16.4 Å². The highest BCUT2D eigenvalue weighted by Gasteiger charge is 2.30.